The van der Waals surface area contributed by atoms with Crippen molar-refractivity contribution in [3.8, 4) is 0 Å². The van der Waals surface area contributed by atoms with Crippen molar-refractivity contribution >= 4 is 5.78 Å². The molecule has 22 heavy (non-hydrogen) atoms. The van der Waals surface area contributed by atoms with Crippen LogP contribution in [0.15, 0.2) is 0 Å². The largest absolute Gasteiger partial charge is 0.393 e. The van der Waals surface area contributed by atoms with Crippen LogP contribution in [0.25, 0.3) is 0 Å². The minimum atomic E-state index is -0.0795. The predicted octanol–water partition coefficient (Wildman–Crippen LogP) is 4.21. The normalized spacial score (nSPS) is 57.9. The molecular formula is C20H32O2. The lowest BCUT2D eigenvalue weighted by atomic mass is 9.43. The molecule has 8 atom stereocenters. The molecule has 4 fully saturated rings. The number of ketones is 1. The number of rotatable bonds is 0. The van der Waals surface area contributed by atoms with Crippen LogP contribution in [0.1, 0.15) is 72.1 Å². The SMILES string of the molecule is C[C@@H]1CC2CC(=O)CC[C@]2(C)[C@H]2CC[C@]3(C)[C@@H](O)CC[C@H]3[C@H]12. The molecule has 4 saturated carbocycles. The average molecular weight is 304 g/mol. The van der Waals surface area contributed by atoms with E-state index in [1.54, 1.807) is 0 Å². The number of carbonyl (C=O) groups excluding carboxylic acids is 1. The first-order chi connectivity index (χ1) is 10.4. The quantitative estimate of drug-likeness (QED) is 0.728. The van der Waals surface area contributed by atoms with Crippen molar-refractivity contribution in [1.82, 2.24) is 0 Å². The summed E-state index contributed by atoms with van der Waals surface area (Å²) in [4.78, 5) is 12.0. The molecule has 2 heteroatoms. The van der Waals surface area contributed by atoms with Crippen molar-refractivity contribution in [2.24, 2.45) is 40.4 Å². The van der Waals surface area contributed by atoms with Crippen LogP contribution in [0, 0.1) is 40.4 Å². The third-order valence-electron chi connectivity index (χ3n) is 8.79. The van der Waals surface area contributed by atoms with Gasteiger partial charge in [-0.05, 0) is 78.9 Å². The zero-order valence-corrected chi connectivity index (χ0v) is 14.5. The summed E-state index contributed by atoms with van der Waals surface area (Å²) in [5, 5.41) is 10.5. The van der Waals surface area contributed by atoms with Gasteiger partial charge in [-0.15, -0.1) is 0 Å². The van der Waals surface area contributed by atoms with Crippen LogP contribution < -0.4 is 0 Å². The highest BCUT2D eigenvalue weighted by Crippen LogP contribution is 2.67. The highest BCUT2D eigenvalue weighted by atomic mass is 16.3. The molecule has 4 aliphatic carbocycles. The summed E-state index contributed by atoms with van der Waals surface area (Å²) in [5.41, 5.74) is 0.559. The van der Waals surface area contributed by atoms with E-state index in [2.05, 4.69) is 20.8 Å². The van der Waals surface area contributed by atoms with Gasteiger partial charge < -0.3 is 5.11 Å². The second kappa shape index (κ2) is 4.82. The van der Waals surface area contributed by atoms with Gasteiger partial charge in [-0.1, -0.05) is 20.8 Å². The maximum absolute atomic E-state index is 12.0. The number of aliphatic hydroxyl groups is 1. The van der Waals surface area contributed by atoms with Crippen LogP contribution in [-0.2, 0) is 4.79 Å². The second-order valence-electron chi connectivity index (χ2n) is 9.59. The third-order valence-corrected chi connectivity index (χ3v) is 8.79. The van der Waals surface area contributed by atoms with E-state index in [0.29, 0.717) is 23.0 Å². The molecule has 4 aliphatic rings. The van der Waals surface area contributed by atoms with Crippen molar-refractivity contribution in [3.05, 3.63) is 0 Å². The molecule has 1 unspecified atom stereocenters. The maximum atomic E-state index is 12.0. The predicted molar refractivity (Wildman–Crippen MR) is 87.3 cm³/mol. The van der Waals surface area contributed by atoms with Gasteiger partial charge in [-0.25, -0.2) is 0 Å². The molecule has 124 valence electrons. The van der Waals surface area contributed by atoms with Crippen LogP contribution in [0.5, 0.6) is 0 Å². The fourth-order valence-corrected chi connectivity index (χ4v) is 7.40. The molecule has 0 aromatic rings. The van der Waals surface area contributed by atoms with Crippen molar-refractivity contribution in [2.45, 2.75) is 78.2 Å². The van der Waals surface area contributed by atoms with E-state index in [0.717, 1.165) is 43.4 Å². The fraction of sp³-hybridized carbons (Fsp3) is 0.950. The molecular weight excluding hydrogens is 272 g/mol. The lowest BCUT2D eigenvalue weighted by molar-refractivity contribution is -0.153. The lowest BCUT2D eigenvalue weighted by Crippen LogP contribution is -2.56. The fourth-order valence-electron chi connectivity index (χ4n) is 7.40. The Balaban J connectivity index is 1.68. The van der Waals surface area contributed by atoms with Crippen LogP contribution in [-0.4, -0.2) is 17.0 Å². The van der Waals surface area contributed by atoms with E-state index in [-0.39, 0.29) is 11.5 Å². The van der Waals surface area contributed by atoms with Crippen LogP contribution >= 0.6 is 0 Å². The molecule has 0 bridgehead atoms. The number of hydrogen-bond acceptors (Lipinski definition) is 2. The standard InChI is InChI=1S/C20H32O2/c1-12-10-13-11-14(21)6-8-19(13,2)16-7-9-20(3)15(18(12)16)4-5-17(20)22/h12-13,15-18,22H,4-11H2,1-3H3/t12-,13?,15+,16+,17+,18+,19+,20+/m1/s1. The average Bonchev–Trinajstić information content (AvgIpc) is 2.77. The Morgan fingerprint density at radius 2 is 1.77 bits per heavy atom. The van der Waals surface area contributed by atoms with Gasteiger partial charge in [0.2, 0.25) is 0 Å². The van der Waals surface area contributed by atoms with E-state index in [9.17, 15) is 9.90 Å². The number of fused-ring (bicyclic) bond motifs is 5. The highest BCUT2D eigenvalue weighted by molar-refractivity contribution is 5.79. The summed E-state index contributed by atoms with van der Waals surface area (Å²) in [6, 6.07) is 0. The molecule has 0 saturated heterocycles. The molecule has 0 aliphatic heterocycles. The summed E-state index contributed by atoms with van der Waals surface area (Å²) < 4.78 is 0. The summed E-state index contributed by atoms with van der Waals surface area (Å²) in [5.74, 6) is 4.14. The molecule has 0 aromatic heterocycles. The lowest BCUT2D eigenvalue weighted by Gasteiger charge is -2.62. The first kappa shape index (κ1) is 15.2. The van der Waals surface area contributed by atoms with E-state index in [1.807, 2.05) is 0 Å². The molecule has 0 amide bonds. The van der Waals surface area contributed by atoms with E-state index in [1.165, 1.54) is 25.7 Å². The number of carbonyl (C=O) groups is 1. The Labute approximate surface area is 135 Å². The van der Waals surface area contributed by atoms with Gasteiger partial charge in [-0.3, -0.25) is 4.79 Å². The number of aliphatic hydroxyl groups excluding tert-OH is 1. The van der Waals surface area contributed by atoms with Crippen LogP contribution in [0.2, 0.25) is 0 Å². The van der Waals surface area contributed by atoms with Gasteiger partial charge in [0.1, 0.15) is 5.78 Å². The number of hydrogen-bond donors (Lipinski definition) is 1. The van der Waals surface area contributed by atoms with E-state index < -0.39 is 0 Å². The Bertz CT molecular complexity index is 486. The second-order valence-corrected chi connectivity index (χ2v) is 9.59. The maximum Gasteiger partial charge on any atom is 0.133 e. The molecule has 1 N–H and O–H groups in total. The summed E-state index contributed by atoms with van der Waals surface area (Å²) in [6.45, 7) is 7.30. The minimum Gasteiger partial charge on any atom is -0.393 e. The highest BCUT2D eigenvalue weighted by Gasteiger charge is 2.61. The van der Waals surface area contributed by atoms with Gasteiger partial charge in [0.05, 0.1) is 6.10 Å². The molecule has 0 heterocycles. The first-order valence-electron chi connectivity index (χ1n) is 9.56. The van der Waals surface area contributed by atoms with Gasteiger partial charge in [0, 0.05) is 12.8 Å². The first-order valence-corrected chi connectivity index (χ1v) is 9.56. The summed E-state index contributed by atoms with van der Waals surface area (Å²) in [7, 11) is 0. The molecule has 2 nitrogen and oxygen atoms in total. The van der Waals surface area contributed by atoms with E-state index in [4.69, 9.17) is 0 Å². The van der Waals surface area contributed by atoms with E-state index >= 15 is 0 Å². The Kier molecular flexibility index (Phi) is 3.32. The van der Waals surface area contributed by atoms with Gasteiger partial charge in [-0.2, -0.15) is 0 Å². The Hall–Kier alpha value is -0.370. The Morgan fingerprint density at radius 3 is 2.55 bits per heavy atom. The molecule has 0 aromatic carbocycles. The zero-order chi connectivity index (χ0) is 15.7. The molecule has 0 radical (unpaired) electrons. The minimum absolute atomic E-state index is 0.0795. The van der Waals surface area contributed by atoms with Crippen molar-refractivity contribution in [3.63, 3.8) is 0 Å². The van der Waals surface area contributed by atoms with Crippen LogP contribution in [0.4, 0.5) is 0 Å². The van der Waals surface area contributed by atoms with Gasteiger partial charge in [0.15, 0.2) is 0 Å². The van der Waals surface area contributed by atoms with Gasteiger partial charge in [0.25, 0.3) is 0 Å². The monoisotopic (exact) mass is 304 g/mol. The topological polar surface area (TPSA) is 37.3 Å². The Morgan fingerprint density at radius 1 is 1.05 bits per heavy atom. The van der Waals surface area contributed by atoms with Crippen molar-refractivity contribution < 1.29 is 9.90 Å². The van der Waals surface area contributed by atoms with Crippen molar-refractivity contribution in [2.75, 3.05) is 0 Å². The summed E-state index contributed by atoms with van der Waals surface area (Å²) in [6.07, 6.45) is 8.65. The summed E-state index contributed by atoms with van der Waals surface area (Å²) >= 11 is 0. The molecule has 0 spiro atoms. The van der Waals surface area contributed by atoms with Crippen molar-refractivity contribution in [1.29, 1.82) is 0 Å². The zero-order valence-electron chi connectivity index (χ0n) is 14.5. The number of Topliss-reactive ketones (excluding diaryl/α,β-unsaturated/α-hetero) is 1. The van der Waals surface area contributed by atoms with Gasteiger partial charge >= 0.3 is 0 Å². The van der Waals surface area contributed by atoms with Crippen LogP contribution in [0.3, 0.4) is 0 Å². The molecule has 4 rings (SSSR count). The smallest absolute Gasteiger partial charge is 0.133 e. The third kappa shape index (κ3) is 1.85.